The van der Waals surface area contributed by atoms with Gasteiger partial charge in [-0.15, -0.1) is 11.3 Å². The second-order valence-electron chi connectivity index (χ2n) is 6.48. The van der Waals surface area contributed by atoms with Gasteiger partial charge in [0.15, 0.2) is 11.9 Å². The first kappa shape index (κ1) is 16.1. The number of anilines is 1. The molecule has 0 radical (unpaired) electrons. The lowest BCUT2D eigenvalue weighted by Gasteiger charge is -2.29. The Bertz CT molecular complexity index is 1100. The van der Waals surface area contributed by atoms with Crippen LogP contribution in [0, 0.1) is 0 Å². The molecule has 4 nitrogen and oxygen atoms in total. The van der Waals surface area contributed by atoms with Crippen LogP contribution in [0.4, 0.5) is 5.13 Å². The third-order valence-corrected chi connectivity index (χ3v) is 5.77. The van der Waals surface area contributed by atoms with Gasteiger partial charge >= 0.3 is 0 Å². The van der Waals surface area contributed by atoms with E-state index < -0.39 is 0 Å². The Morgan fingerprint density at radius 1 is 1.04 bits per heavy atom. The van der Waals surface area contributed by atoms with Crippen molar-refractivity contribution in [2.24, 2.45) is 0 Å². The highest BCUT2D eigenvalue weighted by Crippen LogP contribution is 2.36. The van der Waals surface area contributed by atoms with Crippen LogP contribution in [0.5, 0.6) is 11.5 Å². The number of thiazole rings is 1. The Morgan fingerprint density at radius 2 is 1.89 bits per heavy atom. The smallest absolute Gasteiger partial charge is 0.188 e. The molecular formula is C22H18N2O2S. The molecule has 0 saturated carbocycles. The van der Waals surface area contributed by atoms with Crippen molar-refractivity contribution >= 4 is 27.2 Å². The number of nitrogens with zero attached hydrogens (tertiary/aromatic N) is 2. The van der Waals surface area contributed by atoms with Crippen LogP contribution in [0.15, 0.2) is 66.0 Å². The zero-order valence-electron chi connectivity index (χ0n) is 14.9. The summed E-state index contributed by atoms with van der Waals surface area (Å²) in [7, 11) is 1.67. The van der Waals surface area contributed by atoms with Crippen molar-refractivity contribution in [3.63, 3.8) is 0 Å². The Morgan fingerprint density at radius 3 is 2.74 bits per heavy atom. The van der Waals surface area contributed by atoms with Gasteiger partial charge in [0.1, 0.15) is 11.5 Å². The van der Waals surface area contributed by atoms with Crippen LogP contribution in [-0.2, 0) is 6.54 Å². The summed E-state index contributed by atoms with van der Waals surface area (Å²) in [6, 6.07) is 20.6. The SMILES string of the molecule is COc1ccc(-c2csc(N3COc4ccc5ccccc5c4C3)n2)cc1. The van der Waals surface area contributed by atoms with E-state index in [1.54, 1.807) is 18.4 Å². The van der Waals surface area contributed by atoms with E-state index >= 15 is 0 Å². The van der Waals surface area contributed by atoms with Crippen LogP contribution < -0.4 is 14.4 Å². The van der Waals surface area contributed by atoms with E-state index in [0.29, 0.717) is 6.73 Å². The summed E-state index contributed by atoms with van der Waals surface area (Å²) >= 11 is 1.64. The first-order valence-electron chi connectivity index (χ1n) is 8.80. The third-order valence-electron chi connectivity index (χ3n) is 4.87. The predicted molar refractivity (Wildman–Crippen MR) is 110 cm³/mol. The molecule has 0 atom stereocenters. The number of benzene rings is 3. The van der Waals surface area contributed by atoms with Gasteiger partial charge < -0.3 is 14.4 Å². The zero-order valence-corrected chi connectivity index (χ0v) is 15.7. The van der Waals surface area contributed by atoms with E-state index in [9.17, 15) is 0 Å². The molecule has 3 aromatic carbocycles. The van der Waals surface area contributed by atoms with E-state index in [-0.39, 0.29) is 0 Å². The molecule has 0 N–H and O–H groups in total. The van der Waals surface area contributed by atoms with Gasteiger partial charge in [0, 0.05) is 16.5 Å². The highest BCUT2D eigenvalue weighted by molar-refractivity contribution is 7.14. The fourth-order valence-corrected chi connectivity index (χ4v) is 4.25. The molecular weight excluding hydrogens is 356 g/mol. The number of hydrogen-bond donors (Lipinski definition) is 0. The van der Waals surface area contributed by atoms with Crippen molar-refractivity contribution in [3.05, 3.63) is 71.6 Å². The average Bonchev–Trinajstić information content (AvgIpc) is 3.23. The number of methoxy groups -OCH3 is 1. The van der Waals surface area contributed by atoms with E-state index in [1.165, 1.54) is 16.3 Å². The molecule has 0 saturated heterocycles. The highest BCUT2D eigenvalue weighted by atomic mass is 32.1. The average molecular weight is 374 g/mol. The largest absolute Gasteiger partial charge is 0.497 e. The Balaban J connectivity index is 1.45. The zero-order chi connectivity index (χ0) is 18.2. The second kappa shape index (κ2) is 6.59. The number of ether oxygens (including phenoxy) is 2. The molecule has 2 heterocycles. The van der Waals surface area contributed by atoms with Crippen LogP contribution in [0.2, 0.25) is 0 Å². The molecule has 0 fully saturated rings. The fraction of sp³-hybridized carbons (Fsp3) is 0.136. The topological polar surface area (TPSA) is 34.6 Å². The van der Waals surface area contributed by atoms with E-state index in [4.69, 9.17) is 14.5 Å². The molecule has 27 heavy (non-hydrogen) atoms. The van der Waals surface area contributed by atoms with Crippen LogP contribution >= 0.6 is 11.3 Å². The molecule has 1 aliphatic heterocycles. The minimum absolute atomic E-state index is 0.515. The summed E-state index contributed by atoms with van der Waals surface area (Å²) in [4.78, 5) is 7.02. The lowest BCUT2D eigenvalue weighted by Crippen LogP contribution is -2.31. The maximum absolute atomic E-state index is 6.02. The monoisotopic (exact) mass is 374 g/mol. The normalized spacial score (nSPS) is 13.3. The molecule has 5 heteroatoms. The van der Waals surface area contributed by atoms with E-state index in [2.05, 4.69) is 46.7 Å². The Labute approximate surface area is 161 Å². The van der Waals surface area contributed by atoms with Gasteiger partial charge in [-0.25, -0.2) is 4.98 Å². The first-order valence-corrected chi connectivity index (χ1v) is 9.68. The van der Waals surface area contributed by atoms with Gasteiger partial charge in [-0.2, -0.15) is 0 Å². The number of fused-ring (bicyclic) bond motifs is 3. The minimum Gasteiger partial charge on any atom is -0.497 e. The molecule has 4 aromatic rings. The standard InChI is InChI=1S/C22H18N2O2S/c1-25-17-9-6-16(7-10-17)20-13-27-22(23-20)24-12-19-18-5-3-2-4-15(18)8-11-21(19)26-14-24/h2-11,13H,12,14H2,1H3. The lowest BCUT2D eigenvalue weighted by molar-refractivity contribution is 0.290. The number of rotatable bonds is 3. The maximum Gasteiger partial charge on any atom is 0.188 e. The molecule has 0 unspecified atom stereocenters. The van der Waals surface area contributed by atoms with Crippen molar-refractivity contribution in [1.29, 1.82) is 0 Å². The summed E-state index contributed by atoms with van der Waals surface area (Å²) in [5.74, 6) is 1.82. The van der Waals surface area contributed by atoms with Crippen molar-refractivity contribution in [3.8, 4) is 22.8 Å². The lowest BCUT2D eigenvalue weighted by atomic mass is 10.0. The molecule has 0 aliphatic carbocycles. The fourth-order valence-electron chi connectivity index (χ4n) is 3.42. The third kappa shape index (κ3) is 2.90. The summed E-state index contributed by atoms with van der Waals surface area (Å²) in [6.45, 7) is 1.31. The number of aromatic nitrogens is 1. The van der Waals surface area contributed by atoms with Gasteiger partial charge in [0.05, 0.1) is 19.3 Å². The molecule has 0 spiro atoms. The van der Waals surface area contributed by atoms with Crippen molar-refractivity contribution in [1.82, 2.24) is 4.98 Å². The summed E-state index contributed by atoms with van der Waals surface area (Å²) < 4.78 is 11.3. The van der Waals surface area contributed by atoms with Crippen LogP contribution in [0.25, 0.3) is 22.0 Å². The highest BCUT2D eigenvalue weighted by Gasteiger charge is 2.22. The molecule has 0 bridgehead atoms. The summed E-state index contributed by atoms with van der Waals surface area (Å²) in [6.07, 6.45) is 0. The quantitative estimate of drug-likeness (QED) is 0.485. The molecule has 0 amide bonds. The Kier molecular flexibility index (Phi) is 3.94. The second-order valence-corrected chi connectivity index (χ2v) is 7.32. The first-order chi connectivity index (χ1) is 13.3. The predicted octanol–water partition coefficient (Wildman–Crippen LogP) is 5.33. The van der Waals surface area contributed by atoms with Crippen LogP contribution in [0.1, 0.15) is 5.56 Å². The minimum atomic E-state index is 0.515. The maximum atomic E-state index is 6.02. The molecule has 134 valence electrons. The van der Waals surface area contributed by atoms with Crippen molar-refractivity contribution in [2.75, 3.05) is 18.7 Å². The summed E-state index contributed by atoms with van der Waals surface area (Å²) in [5.41, 5.74) is 3.28. The van der Waals surface area contributed by atoms with Gasteiger partial charge in [-0.1, -0.05) is 30.3 Å². The van der Waals surface area contributed by atoms with E-state index in [0.717, 1.165) is 34.4 Å². The van der Waals surface area contributed by atoms with Gasteiger partial charge in [0.25, 0.3) is 0 Å². The van der Waals surface area contributed by atoms with E-state index in [1.807, 2.05) is 24.3 Å². The van der Waals surface area contributed by atoms with Crippen LogP contribution in [0.3, 0.4) is 0 Å². The van der Waals surface area contributed by atoms with Crippen molar-refractivity contribution in [2.45, 2.75) is 6.54 Å². The van der Waals surface area contributed by atoms with Gasteiger partial charge in [-0.05, 0) is 41.1 Å². The van der Waals surface area contributed by atoms with Gasteiger partial charge in [-0.3, -0.25) is 0 Å². The molecule has 1 aromatic heterocycles. The summed E-state index contributed by atoms with van der Waals surface area (Å²) in [5, 5.41) is 5.54. The van der Waals surface area contributed by atoms with Crippen LogP contribution in [-0.4, -0.2) is 18.8 Å². The Hall–Kier alpha value is -3.05. The van der Waals surface area contributed by atoms with Crippen molar-refractivity contribution < 1.29 is 9.47 Å². The van der Waals surface area contributed by atoms with Gasteiger partial charge in [0.2, 0.25) is 0 Å². The number of hydrogen-bond acceptors (Lipinski definition) is 5. The molecule has 5 rings (SSSR count). The molecule has 1 aliphatic rings.